The van der Waals surface area contributed by atoms with Crippen LogP contribution in [0, 0.1) is 6.92 Å². The van der Waals surface area contributed by atoms with Crippen molar-refractivity contribution in [2.45, 2.75) is 25.5 Å². The minimum Gasteiger partial charge on any atom is -0.485 e. The van der Waals surface area contributed by atoms with E-state index in [4.69, 9.17) is 27.9 Å². The number of fused-ring (bicyclic) bond motifs is 1. The molecule has 0 fully saturated rings. The summed E-state index contributed by atoms with van der Waals surface area (Å²) in [4.78, 5) is 17.8. The van der Waals surface area contributed by atoms with E-state index >= 15 is 0 Å². The van der Waals surface area contributed by atoms with E-state index in [9.17, 15) is 4.79 Å². The van der Waals surface area contributed by atoms with Gasteiger partial charge in [-0.3, -0.25) is 9.20 Å². The Balaban J connectivity index is 1.95. The summed E-state index contributed by atoms with van der Waals surface area (Å²) in [5.41, 5.74) is 2.90. The second-order valence-corrected chi connectivity index (χ2v) is 7.58. The molecular weight excluding hydrogens is 405 g/mol. The first-order chi connectivity index (χ1) is 12.8. The second kappa shape index (κ2) is 8.00. The van der Waals surface area contributed by atoms with Gasteiger partial charge in [0.25, 0.3) is 0 Å². The normalized spacial score (nSPS) is 11.0. The first-order valence-electron chi connectivity index (χ1n) is 8.20. The predicted octanol–water partition coefficient (Wildman–Crippen LogP) is 5.23. The number of benzene rings is 1. The Bertz CT molecular complexity index is 1020. The molecule has 0 unspecified atom stereocenters. The van der Waals surface area contributed by atoms with Gasteiger partial charge in [0.1, 0.15) is 11.6 Å². The fourth-order valence-corrected chi connectivity index (χ4v) is 4.08. The van der Waals surface area contributed by atoms with Crippen LogP contribution in [0.2, 0.25) is 10.0 Å². The van der Waals surface area contributed by atoms with Crippen LogP contribution in [0.5, 0.6) is 5.75 Å². The lowest BCUT2D eigenvalue weighted by Gasteiger charge is -2.19. The smallest absolute Gasteiger partial charge is 0.223 e. The number of hydrogen-bond donors (Lipinski definition) is 0. The zero-order chi connectivity index (χ0) is 19.7. The molecule has 1 aromatic carbocycles. The number of pyridine rings is 1. The average molecular weight is 424 g/mol. The molecule has 0 atom stereocenters. The Morgan fingerprint density at radius 1 is 1.33 bits per heavy atom. The lowest BCUT2D eigenvalue weighted by molar-refractivity contribution is -0.116. The van der Waals surface area contributed by atoms with Crippen molar-refractivity contribution in [1.82, 2.24) is 9.38 Å². The van der Waals surface area contributed by atoms with E-state index in [2.05, 4.69) is 4.98 Å². The Morgan fingerprint density at radius 2 is 2.07 bits per heavy atom. The molecule has 27 heavy (non-hydrogen) atoms. The first kappa shape index (κ1) is 19.9. The molecule has 0 aliphatic rings. The van der Waals surface area contributed by atoms with Gasteiger partial charge in [-0.1, -0.05) is 23.2 Å². The minimum atomic E-state index is -0.117. The number of carbonyl (C=O) groups excluding carboxylic acids is 1. The Kier molecular flexibility index (Phi) is 5.89. The largest absolute Gasteiger partial charge is 0.485 e. The number of amides is 1. The SMILES string of the molecule is CSc1c(C)nc2c(OCc3c(Cl)ccc(N(C)C(C)=O)c3Cl)cccn12. The molecule has 5 nitrogen and oxygen atoms in total. The van der Waals surface area contributed by atoms with Crippen molar-refractivity contribution in [2.24, 2.45) is 0 Å². The minimum absolute atomic E-state index is 0.117. The molecule has 8 heteroatoms. The number of halogens is 2. The maximum Gasteiger partial charge on any atom is 0.223 e. The molecule has 3 aromatic rings. The van der Waals surface area contributed by atoms with Gasteiger partial charge in [0.2, 0.25) is 5.91 Å². The van der Waals surface area contributed by atoms with E-state index in [1.807, 2.05) is 35.9 Å². The molecule has 0 saturated carbocycles. The van der Waals surface area contributed by atoms with E-state index in [0.29, 0.717) is 27.0 Å². The molecule has 1 amide bonds. The number of thioether (sulfide) groups is 1. The van der Waals surface area contributed by atoms with Gasteiger partial charge in [-0.25, -0.2) is 4.98 Å². The third-order valence-electron chi connectivity index (χ3n) is 4.30. The maximum atomic E-state index is 11.7. The number of ether oxygens (including phenoxy) is 1. The van der Waals surface area contributed by atoms with E-state index < -0.39 is 0 Å². The van der Waals surface area contributed by atoms with E-state index in [-0.39, 0.29) is 12.5 Å². The molecule has 0 saturated heterocycles. The predicted molar refractivity (Wildman–Crippen MR) is 112 cm³/mol. The van der Waals surface area contributed by atoms with Crippen molar-refractivity contribution in [1.29, 1.82) is 0 Å². The lowest BCUT2D eigenvalue weighted by Crippen LogP contribution is -2.23. The summed E-state index contributed by atoms with van der Waals surface area (Å²) < 4.78 is 8.01. The van der Waals surface area contributed by atoms with Gasteiger partial charge in [0, 0.05) is 30.8 Å². The standard InChI is InChI=1S/C19H19Cl2N3O2S/c1-11-19(27-4)24-9-5-6-16(18(24)22-11)26-10-13-14(20)7-8-15(17(13)21)23(3)12(2)25/h5-9H,10H2,1-4H3. The average Bonchev–Trinajstić information content (AvgIpc) is 2.96. The molecule has 142 valence electrons. The van der Waals surface area contributed by atoms with Crippen LogP contribution in [0.15, 0.2) is 35.5 Å². The first-order valence-corrected chi connectivity index (χ1v) is 10.2. The highest BCUT2D eigenvalue weighted by atomic mass is 35.5. The third-order valence-corrected chi connectivity index (χ3v) is 5.95. The van der Waals surface area contributed by atoms with Crippen molar-refractivity contribution in [3.05, 3.63) is 51.8 Å². The van der Waals surface area contributed by atoms with Crippen LogP contribution in [0.1, 0.15) is 18.2 Å². The van der Waals surface area contributed by atoms with Crippen LogP contribution in [0.3, 0.4) is 0 Å². The summed E-state index contributed by atoms with van der Waals surface area (Å²) in [5, 5.41) is 1.95. The molecule has 0 bridgehead atoms. The lowest BCUT2D eigenvalue weighted by atomic mass is 10.2. The van der Waals surface area contributed by atoms with Crippen molar-refractivity contribution in [2.75, 3.05) is 18.2 Å². The van der Waals surface area contributed by atoms with Gasteiger partial charge in [-0.05, 0) is 37.4 Å². The molecule has 2 heterocycles. The second-order valence-electron chi connectivity index (χ2n) is 6.00. The van der Waals surface area contributed by atoms with Crippen LogP contribution < -0.4 is 9.64 Å². The summed E-state index contributed by atoms with van der Waals surface area (Å²) >= 11 is 14.5. The number of aromatic nitrogens is 2. The van der Waals surface area contributed by atoms with Gasteiger partial charge in [0.15, 0.2) is 11.4 Å². The fraction of sp³-hybridized carbons (Fsp3) is 0.263. The molecule has 0 spiro atoms. The number of rotatable bonds is 5. The zero-order valence-corrected chi connectivity index (χ0v) is 17.7. The van der Waals surface area contributed by atoms with Crippen LogP contribution in [-0.2, 0) is 11.4 Å². The number of aryl methyl sites for hydroxylation is 1. The Hall–Kier alpha value is -1.89. The van der Waals surface area contributed by atoms with E-state index in [1.54, 1.807) is 30.9 Å². The van der Waals surface area contributed by atoms with Crippen LogP contribution in [0.4, 0.5) is 5.69 Å². The molecule has 0 aliphatic heterocycles. The highest BCUT2D eigenvalue weighted by Crippen LogP contribution is 2.35. The van der Waals surface area contributed by atoms with Gasteiger partial charge in [-0.15, -0.1) is 11.8 Å². The third kappa shape index (κ3) is 3.74. The van der Waals surface area contributed by atoms with E-state index in [0.717, 1.165) is 16.4 Å². The van der Waals surface area contributed by atoms with E-state index in [1.165, 1.54) is 11.8 Å². The van der Waals surface area contributed by atoms with Gasteiger partial charge in [-0.2, -0.15) is 0 Å². The highest BCUT2D eigenvalue weighted by Gasteiger charge is 2.17. The maximum absolute atomic E-state index is 11.7. The zero-order valence-electron chi connectivity index (χ0n) is 15.4. The Labute approximate surface area is 172 Å². The van der Waals surface area contributed by atoms with Gasteiger partial charge >= 0.3 is 0 Å². The summed E-state index contributed by atoms with van der Waals surface area (Å²) in [6, 6.07) is 7.21. The number of imidazole rings is 1. The fourth-order valence-electron chi connectivity index (χ4n) is 2.79. The molecule has 0 aliphatic carbocycles. The highest BCUT2D eigenvalue weighted by molar-refractivity contribution is 7.98. The van der Waals surface area contributed by atoms with Gasteiger partial charge in [0.05, 0.1) is 16.4 Å². The summed E-state index contributed by atoms with van der Waals surface area (Å²) in [6.07, 6.45) is 3.97. The number of carbonyl (C=O) groups is 1. The topological polar surface area (TPSA) is 46.8 Å². The summed E-state index contributed by atoms with van der Waals surface area (Å²) in [6.45, 7) is 3.61. The van der Waals surface area contributed by atoms with Crippen LogP contribution >= 0.6 is 35.0 Å². The quantitative estimate of drug-likeness (QED) is 0.526. The van der Waals surface area contributed by atoms with Crippen LogP contribution in [-0.4, -0.2) is 28.6 Å². The van der Waals surface area contributed by atoms with Crippen molar-refractivity contribution in [3.63, 3.8) is 0 Å². The molecular formula is C19H19Cl2N3O2S. The number of hydrogen-bond acceptors (Lipinski definition) is 4. The monoisotopic (exact) mass is 423 g/mol. The van der Waals surface area contributed by atoms with Crippen LogP contribution in [0.25, 0.3) is 5.65 Å². The number of nitrogens with zero attached hydrogens (tertiary/aromatic N) is 3. The molecule has 3 rings (SSSR count). The Morgan fingerprint density at radius 3 is 2.74 bits per heavy atom. The summed E-state index contributed by atoms with van der Waals surface area (Å²) in [5.74, 6) is 0.520. The van der Waals surface area contributed by atoms with Crippen molar-refractivity contribution >= 4 is 52.2 Å². The van der Waals surface area contributed by atoms with Crippen molar-refractivity contribution in [3.8, 4) is 5.75 Å². The van der Waals surface area contributed by atoms with Crippen molar-refractivity contribution < 1.29 is 9.53 Å². The summed E-state index contributed by atoms with van der Waals surface area (Å²) in [7, 11) is 1.67. The molecule has 0 N–H and O–H groups in total. The van der Waals surface area contributed by atoms with Gasteiger partial charge < -0.3 is 9.64 Å². The number of anilines is 1. The molecule has 2 aromatic heterocycles. The molecule has 0 radical (unpaired) electrons.